The van der Waals surface area contributed by atoms with Crippen LogP contribution in [-0.2, 0) is 17.5 Å². The van der Waals surface area contributed by atoms with Crippen molar-refractivity contribution in [1.82, 2.24) is 9.88 Å². The van der Waals surface area contributed by atoms with E-state index in [1.807, 2.05) is 32.9 Å². The molecule has 2 aromatic rings. The Kier molecular flexibility index (Phi) is 7.87. The molecule has 0 spiro atoms. The van der Waals surface area contributed by atoms with Crippen LogP contribution in [-0.4, -0.2) is 59.0 Å². The summed E-state index contributed by atoms with van der Waals surface area (Å²) >= 11 is 0. The molecular formula is C27H34F3N3O4. The van der Waals surface area contributed by atoms with Crippen LogP contribution in [0.4, 0.5) is 23.7 Å². The number of ether oxygens (including phenoxy) is 2. The minimum absolute atomic E-state index is 0.109. The van der Waals surface area contributed by atoms with Crippen LogP contribution in [0.3, 0.4) is 0 Å². The maximum atomic E-state index is 12.8. The molecule has 1 N–H and O–H groups in total. The van der Waals surface area contributed by atoms with Gasteiger partial charge in [-0.25, -0.2) is 9.78 Å². The van der Waals surface area contributed by atoms with Gasteiger partial charge in [0.05, 0.1) is 18.7 Å². The van der Waals surface area contributed by atoms with E-state index < -0.39 is 17.3 Å². The largest absolute Gasteiger partial charge is 0.472 e. The van der Waals surface area contributed by atoms with E-state index in [4.69, 9.17) is 9.47 Å². The molecule has 2 aliphatic heterocycles. The van der Waals surface area contributed by atoms with E-state index in [2.05, 4.69) is 16.0 Å². The lowest BCUT2D eigenvalue weighted by Crippen LogP contribution is -2.41. The van der Waals surface area contributed by atoms with Gasteiger partial charge in [-0.15, -0.1) is 0 Å². The summed E-state index contributed by atoms with van der Waals surface area (Å²) in [7, 11) is 0. The van der Waals surface area contributed by atoms with E-state index in [-0.39, 0.29) is 24.7 Å². The SMILES string of the molecule is CC(C)(C)OC(=O)N1CCC(c2ccc(N3CC[C@@H](Oc4ccc(C(F)(F)F)cn4)C3)c(CO)c2)CC1. The molecule has 0 unspecified atom stereocenters. The van der Waals surface area contributed by atoms with Crippen LogP contribution < -0.4 is 9.64 Å². The number of halogens is 3. The second kappa shape index (κ2) is 10.8. The average molecular weight is 522 g/mol. The van der Waals surface area contributed by atoms with Crippen molar-refractivity contribution in [2.45, 2.75) is 70.4 Å². The first-order valence-corrected chi connectivity index (χ1v) is 12.6. The summed E-state index contributed by atoms with van der Waals surface area (Å²) in [6.45, 7) is 7.96. The van der Waals surface area contributed by atoms with Crippen molar-refractivity contribution in [3.8, 4) is 5.88 Å². The number of rotatable bonds is 5. The molecule has 2 saturated heterocycles. The Bertz CT molecular complexity index is 1080. The van der Waals surface area contributed by atoms with E-state index in [1.54, 1.807) is 4.90 Å². The van der Waals surface area contributed by atoms with Crippen LogP contribution in [0.5, 0.6) is 5.88 Å². The van der Waals surface area contributed by atoms with Gasteiger partial charge in [0.1, 0.15) is 11.7 Å². The number of aliphatic hydroxyl groups is 1. The number of nitrogens with zero attached hydrogens (tertiary/aromatic N) is 3. The number of amides is 1. The first-order valence-electron chi connectivity index (χ1n) is 12.6. The fraction of sp³-hybridized carbons (Fsp3) is 0.556. The number of likely N-dealkylation sites (tertiary alicyclic amines) is 1. The third kappa shape index (κ3) is 6.85. The minimum Gasteiger partial charge on any atom is -0.472 e. The maximum Gasteiger partial charge on any atom is 0.417 e. The highest BCUT2D eigenvalue weighted by molar-refractivity contribution is 5.68. The number of piperidine rings is 1. The molecule has 3 heterocycles. The third-order valence-corrected chi connectivity index (χ3v) is 6.73. The van der Waals surface area contributed by atoms with Crippen LogP contribution in [0.25, 0.3) is 0 Å². The van der Waals surface area contributed by atoms with Gasteiger partial charge in [-0.2, -0.15) is 13.2 Å². The second-order valence-electron chi connectivity index (χ2n) is 10.6. The van der Waals surface area contributed by atoms with Gasteiger partial charge in [-0.1, -0.05) is 12.1 Å². The second-order valence-corrected chi connectivity index (χ2v) is 10.6. The summed E-state index contributed by atoms with van der Waals surface area (Å²) in [4.78, 5) is 20.0. The van der Waals surface area contributed by atoms with E-state index in [1.165, 1.54) is 6.07 Å². The van der Waals surface area contributed by atoms with Gasteiger partial charge < -0.3 is 24.4 Å². The van der Waals surface area contributed by atoms with Gasteiger partial charge in [-0.05, 0) is 57.2 Å². The molecule has 1 aromatic carbocycles. The molecule has 0 aliphatic carbocycles. The van der Waals surface area contributed by atoms with Crippen molar-refractivity contribution in [1.29, 1.82) is 0 Å². The molecule has 2 fully saturated rings. The minimum atomic E-state index is -4.43. The molecule has 0 radical (unpaired) electrons. The molecule has 10 heteroatoms. The van der Waals surface area contributed by atoms with Gasteiger partial charge >= 0.3 is 12.3 Å². The lowest BCUT2D eigenvalue weighted by atomic mass is 9.88. The number of anilines is 1. The smallest absolute Gasteiger partial charge is 0.417 e. The standard InChI is InChI=1S/C27H34F3N3O4/c1-26(2,3)37-25(35)32-11-8-18(9-12-32)19-4-6-23(20(14-19)17-34)33-13-10-22(16-33)36-24-7-5-21(15-31-24)27(28,29)30/h4-7,14-15,18,22,34H,8-13,16-17H2,1-3H3/t22-/m1/s1. The molecule has 0 saturated carbocycles. The Hall–Kier alpha value is -3.01. The Morgan fingerprint density at radius 2 is 1.81 bits per heavy atom. The van der Waals surface area contributed by atoms with Crippen LogP contribution >= 0.6 is 0 Å². The number of pyridine rings is 1. The Morgan fingerprint density at radius 1 is 1.08 bits per heavy atom. The first kappa shape index (κ1) is 27.0. The highest BCUT2D eigenvalue weighted by atomic mass is 19.4. The third-order valence-electron chi connectivity index (χ3n) is 6.73. The summed E-state index contributed by atoms with van der Waals surface area (Å²) in [5.41, 5.74) is 1.55. The molecule has 1 atom stereocenters. The zero-order valence-electron chi connectivity index (χ0n) is 21.4. The number of carbonyl (C=O) groups is 1. The number of hydrogen-bond donors (Lipinski definition) is 1. The van der Waals surface area contributed by atoms with Gasteiger partial charge in [0.25, 0.3) is 0 Å². The molecular weight excluding hydrogens is 487 g/mol. The summed E-state index contributed by atoms with van der Waals surface area (Å²) in [5.74, 6) is 0.453. The summed E-state index contributed by atoms with van der Waals surface area (Å²) < 4.78 is 49.6. The van der Waals surface area contributed by atoms with Crippen molar-refractivity contribution in [2.24, 2.45) is 0 Å². The van der Waals surface area contributed by atoms with Crippen molar-refractivity contribution in [3.05, 3.63) is 53.2 Å². The zero-order chi connectivity index (χ0) is 26.8. The quantitative estimate of drug-likeness (QED) is 0.571. The number of aliphatic hydroxyl groups excluding tert-OH is 1. The molecule has 1 amide bonds. The molecule has 4 rings (SSSR count). The number of hydrogen-bond acceptors (Lipinski definition) is 6. The number of benzene rings is 1. The van der Waals surface area contributed by atoms with E-state index in [0.717, 1.165) is 41.9 Å². The highest BCUT2D eigenvalue weighted by Gasteiger charge is 2.32. The molecule has 37 heavy (non-hydrogen) atoms. The van der Waals surface area contributed by atoms with Crippen LogP contribution in [0.2, 0.25) is 0 Å². The number of carbonyl (C=O) groups excluding carboxylic acids is 1. The Balaban J connectivity index is 1.35. The van der Waals surface area contributed by atoms with Crippen molar-refractivity contribution < 1.29 is 32.5 Å². The van der Waals surface area contributed by atoms with Crippen LogP contribution in [0.15, 0.2) is 36.5 Å². The number of aromatic nitrogens is 1. The summed E-state index contributed by atoms with van der Waals surface area (Å²) in [6, 6.07) is 8.34. The molecule has 1 aromatic heterocycles. The van der Waals surface area contributed by atoms with Gasteiger partial charge in [0, 0.05) is 49.6 Å². The Labute approximate surface area is 215 Å². The highest BCUT2D eigenvalue weighted by Crippen LogP contribution is 2.34. The molecule has 2 aliphatic rings. The van der Waals surface area contributed by atoms with Crippen molar-refractivity contribution in [3.63, 3.8) is 0 Å². The average Bonchev–Trinajstić information content (AvgIpc) is 3.30. The fourth-order valence-electron chi connectivity index (χ4n) is 4.85. The van der Waals surface area contributed by atoms with Crippen molar-refractivity contribution >= 4 is 11.8 Å². The first-order chi connectivity index (χ1) is 17.4. The predicted octanol–water partition coefficient (Wildman–Crippen LogP) is 5.36. The topological polar surface area (TPSA) is 75.1 Å². The monoisotopic (exact) mass is 521 g/mol. The lowest BCUT2D eigenvalue weighted by molar-refractivity contribution is -0.137. The summed E-state index contributed by atoms with van der Waals surface area (Å²) in [5, 5.41) is 10.1. The number of alkyl halides is 3. The van der Waals surface area contributed by atoms with E-state index in [9.17, 15) is 23.1 Å². The molecule has 0 bridgehead atoms. The predicted molar refractivity (Wildman–Crippen MR) is 133 cm³/mol. The van der Waals surface area contributed by atoms with Gasteiger partial charge in [0.2, 0.25) is 5.88 Å². The zero-order valence-corrected chi connectivity index (χ0v) is 21.4. The summed E-state index contributed by atoms with van der Waals surface area (Å²) in [6.07, 6.45) is -1.81. The van der Waals surface area contributed by atoms with Gasteiger partial charge in [-0.3, -0.25) is 0 Å². The molecule has 202 valence electrons. The fourth-order valence-corrected chi connectivity index (χ4v) is 4.85. The van der Waals surface area contributed by atoms with Crippen LogP contribution in [0, 0.1) is 0 Å². The normalized spacial score (nSPS) is 19.3. The van der Waals surface area contributed by atoms with Crippen LogP contribution in [0.1, 0.15) is 62.6 Å². The van der Waals surface area contributed by atoms with E-state index >= 15 is 0 Å². The lowest BCUT2D eigenvalue weighted by Gasteiger charge is -2.34. The van der Waals surface area contributed by atoms with Gasteiger partial charge in [0.15, 0.2) is 0 Å². The Morgan fingerprint density at radius 3 is 2.41 bits per heavy atom. The maximum absolute atomic E-state index is 12.8. The van der Waals surface area contributed by atoms with E-state index in [0.29, 0.717) is 38.5 Å². The van der Waals surface area contributed by atoms with Crippen molar-refractivity contribution in [2.75, 3.05) is 31.1 Å². The molecule has 7 nitrogen and oxygen atoms in total.